The molecule has 0 fully saturated rings. The van der Waals surface area contributed by atoms with Crippen LogP contribution in [0.4, 0.5) is 5.69 Å². The van der Waals surface area contributed by atoms with E-state index in [1.54, 1.807) is 5.57 Å². The molecule has 2 nitrogen and oxygen atoms in total. The summed E-state index contributed by atoms with van der Waals surface area (Å²) < 4.78 is 1.06. The van der Waals surface area contributed by atoms with Crippen molar-refractivity contribution in [2.75, 3.05) is 18.8 Å². The molecule has 1 aliphatic heterocycles. The van der Waals surface area contributed by atoms with Crippen molar-refractivity contribution in [3.05, 3.63) is 39.9 Å². The van der Waals surface area contributed by atoms with E-state index in [0.29, 0.717) is 5.41 Å². The standard InChI is InChI=1S/C16H23BrN2/c1-16(2,3)13-4-6-19(7-5-13)11-12-8-14(17)10-15(18)9-12/h4,8-10H,5-7,11,18H2,1-3H3. The third-order valence-corrected chi connectivity index (χ3v) is 4.10. The van der Waals surface area contributed by atoms with E-state index >= 15 is 0 Å². The Labute approximate surface area is 124 Å². The molecular weight excluding hydrogens is 300 g/mol. The number of nitrogens with zero attached hydrogens (tertiary/aromatic N) is 1. The van der Waals surface area contributed by atoms with E-state index < -0.39 is 0 Å². The fourth-order valence-electron chi connectivity index (χ4n) is 2.56. The summed E-state index contributed by atoms with van der Waals surface area (Å²) in [6.45, 7) is 10.0. The number of halogens is 1. The predicted molar refractivity (Wildman–Crippen MR) is 86.0 cm³/mol. The van der Waals surface area contributed by atoms with Gasteiger partial charge in [-0.3, -0.25) is 4.90 Å². The maximum atomic E-state index is 5.88. The minimum atomic E-state index is 0.312. The van der Waals surface area contributed by atoms with E-state index in [0.717, 1.165) is 29.8 Å². The monoisotopic (exact) mass is 322 g/mol. The van der Waals surface area contributed by atoms with E-state index in [1.165, 1.54) is 12.0 Å². The van der Waals surface area contributed by atoms with Gasteiger partial charge >= 0.3 is 0 Å². The van der Waals surface area contributed by atoms with Crippen LogP contribution in [-0.2, 0) is 6.54 Å². The molecule has 2 N–H and O–H groups in total. The fraction of sp³-hybridized carbons (Fsp3) is 0.500. The Morgan fingerprint density at radius 3 is 2.53 bits per heavy atom. The molecule has 0 amide bonds. The number of anilines is 1. The van der Waals surface area contributed by atoms with Gasteiger partial charge in [-0.05, 0) is 35.6 Å². The minimum absolute atomic E-state index is 0.312. The molecular formula is C16H23BrN2. The molecule has 0 atom stereocenters. The quantitative estimate of drug-likeness (QED) is 0.652. The fourth-order valence-corrected chi connectivity index (χ4v) is 3.12. The van der Waals surface area contributed by atoms with Gasteiger partial charge in [0.2, 0.25) is 0 Å². The van der Waals surface area contributed by atoms with Crippen molar-refractivity contribution in [1.29, 1.82) is 0 Å². The molecule has 19 heavy (non-hydrogen) atoms. The highest BCUT2D eigenvalue weighted by Gasteiger charge is 2.21. The molecule has 1 aromatic carbocycles. The molecule has 0 aromatic heterocycles. The van der Waals surface area contributed by atoms with Crippen molar-refractivity contribution in [2.24, 2.45) is 5.41 Å². The van der Waals surface area contributed by atoms with Gasteiger partial charge in [-0.15, -0.1) is 0 Å². The van der Waals surface area contributed by atoms with Crippen LogP contribution < -0.4 is 5.73 Å². The van der Waals surface area contributed by atoms with Gasteiger partial charge in [0, 0.05) is 29.8 Å². The lowest BCUT2D eigenvalue weighted by molar-refractivity contribution is 0.271. The van der Waals surface area contributed by atoms with Crippen LogP contribution in [0.3, 0.4) is 0 Å². The van der Waals surface area contributed by atoms with Gasteiger partial charge in [-0.2, -0.15) is 0 Å². The van der Waals surface area contributed by atoms with Crippen molar-refractivity contribution >= 4 is 21.6 Å². The summed E-state index contributed by atoms with van der Waals surface area (Å²) in [7, 11) is 0. The largest absolute Gasteiger partial charge is 0.399 e. The van der Waals surface area contributed by atoms with Crippen molar-refractivity contribution in [3.8, 4) is 0 Å². The smallest absolute Gasteiger partial charge is 0.0328 e. The predicted octanol–water partition coefficient (Wildman–Crippen LogP) is 4.21. The number of nitrogen functional groups attached to an aromatic ring is 1. The van der Waals surface area contributed by atoms with E-state index in [2.05, 4.69) is 59.8 Å². The third-order valence-electron chi connectivity index (χ3n) is 3.64. The average Bonchev–Trinajstić information content (AvgIpc) is 2.26. The van der Waals surface area contributed by atoms with Crippen LogP contribution in [0.1, 0.15) is 32.8 Å². The Kier molecular flexibility index (Phi) is 4.36. The lowest BCUT2D eigenvalue weighted by Gasteiger charge is -2.32. The maximum absolute atomic E-state index is 5.88. The van der Waals surface area contributed by atoms with Crippen LogP contribution in [0.2, 0.25) is 0 Å². The van der Waals surface area contributed by atoms with Crippen LogP contribution in [0, 0.1) is 5.41 Å². The Balaban J connectivity index is 2.01. The summed E-state index contributed by atoms with van der Waals surface area (Å²) >= 11 is 3.50. The molecule has 0 spiro atoms. The maximum Gasteiger partial charge on any atom is 0.0328 e. The average molecular weight is 323 g/mol. The van der Waals surface area contributed by atoms with E-state index in [9.17, 15) is 0 Å². The van der Waals surface area contributed by atoms with Crippen LogP contribution in [-0.4, -0.2) is 18.0 Å². The lowest BCUT2D eigenvalue weighted by atomic mass is 9.83. The zero-order chi connectivity index (χ0) is 14.0. The highest BCUT2D eigenvalue weighted by molar-refractivity contribution is 9.10. The molecule has 2 rings (SSSR count). The van der Waals surface area contributed by atoms with Crippen LogP contribution >= 0.6 is 15.9 Å². The minimum Gasteiger partial charge on any atom is -0.399 e. The number of hydrogen-bond acceptors (Lipinski definition) is 2. The molecule has 0 radical (unpaired) electrons. The second kappa shape index (κ2) is 5.68. The highest BCUT2D eigenvalue weighted by Crippen LogP contribution is 2.30. The normalized spacial score (nSPS) is 17.4. The Morgan fingerprint density at radius 2 is 2.00 bits per heavy atom. The Morgan fingerprint density at radius 1 is 1.26 bits per heavy atom. The summed E-state index contributed by atoms with van der Waals surface area (Å²) in [5, 5.41) is 0. The van der Waals surface area contributed by atoms with Crippen molar-refractivity contribution in [1.82, 2.24) is 4.90 Å². The summed E-state index contributed by atoms with van der Waals surface area (Å²) in [5.74, 6) is 0. The molecule has 1 heterocycles. The van der Waals surface area contributed by atoms with Gasteiger partial charge in [0.25, 0.3) is 0 Å². The second-order valence-electron chi connectivity index (χ2n) is 6.36. The van der Waals surface area contributed by atoms with Gasteiger partial charge in [0.1, 0.15) is 0 Å². The zero-order valence-electron chi connectivity index (χ0n) is 12.0. The van der Waals surface area contributed by atoms with Crippen molar-refractivity contribution < 1.29 is 0 Å². The van der Waals surface area contributed by atoms with Crippen LogP contribution in [0.5, 0.6) is 0 Å². The van der Waals surface area contributed by atoms with Crippen LogP contribution in [0.25, 0.3) is 0 Å². The van der Waals surface area contributed by atoms with Gasteiger partial charge in [0.05, 0.1) is 0 Å². The Hall–Kier alpha value is -0.800. The first-order chi connectivity index (χ1) is 8.84. The summed E-state index contributed by atoms with van der Waals surface area (Å²) in [6.07, 6.45) is 3.57. The first kappa shape index (κ1) is 14.6. The molecule has 0 unspecified atom stereocenters. The molecule has 0 bridgehead atoms. The summed E-state index contributed by atoms with van der Waals surface area (Å²) in [5.41, 5.74) is 9.88. The summed E-state index contributed by atoms with van der Waals surface area (Å²) in [4.78, 5) is 2.47. The van der Waals surface area contributed by atoms with Crippen molar-refractivity contribution in [3.63, 3.8) is 0 Å². The molecule has 0 aliphatic carbocycles. The van der Waals surface area contributed by atoms with Crippen molar-refractivity contribution in [2.45, 2.75) is 33.7 Å². The molecule has 3 heteroatoms. The molecule has 1 aliphatic rings. The van der Waals surface area contributed by atoms with Gasteiger partial charge in [0.15, 0.2) is 0 Å². The topological polar surface area (TPSA) is 29.3 Å². The first-order valence-corrected chi connectivity index (χ1v) is 7.61. The number of benzene rings is 1. The summed E-state index contributed by atoms with van der Waals surface area (Å²) in [6, 6.07) is 6.16. The molecule has 104 valence electrons. The molecule has 0 saturated carbocycles. The Bertz CT molecular complexity index is 466. The van der Waals surface area contributed by atoms with E-state index in [-0.39, 0.29) is 0 Å². The van der Waals surface area contributed by atoms with E-state index in [4.69, 9.17) is 5.73 Å². The number of hydrogen-bond donors (Lipinski definition) is 1. The SMILES string of the molecule is CC(C)(C)C1=CCN(Cc2cc(N)cc(Br)c2)CC1. The van der Waals surface area contributed by atoms with E-state index in [1.807, 2.05) is 6.07 Å². The second-order valence-corrected chi connectivity index (χ2v) is 7.27. The highest BCUT2D eigenvalue weighted by atomic mass is 79.9. The molecule has 0 saturated heterocycles. The number of rotatable bonds is 2. The molecule has 1 aromatic rings. The van der Waals surface area contributed by atoms with Crippen LogP contribution in [0.15, 0.2) is 34.3 Å². The van der Waals surface area contributed by atoms with Gasteiger partial charge in [-0.1, -0.05) is 48.4 Å². The number of nitrogens with two attached hydrogens (primary N) is 1. The zero-order valence-corrected chi connectivity index (χ0v) is 13.6. The lowest BCUT2D eigenvalue weighted by Crippen LogP contribution is -2.30. The third kappa shape index (κ3) is 4.08. The van der Waals surface area contributed by atoms with Gasteiger partial charge < -0.3 is 5.73 Å². The van der Waals surface area contributed by atoms with Gasteiger partial charge in [-0.25, -0.2) is 0 Å². The first-order valence-electron chi connectivity index (χ1n) is 6.81.